The number of alkyl halides is 2. The lowest BCUT2D eigenvalue weighted by molar-refractivity contribution is -0.118. The molecule has 2 atom stereocenters. The van der Waals surface area contributed by atoms with Gasteiger partial charge in [0.2, 0.25) is 5.91 Å². The number of carbonyl (C=O) groups is 1. The van der Waals surface area contributed by atoms with E-state index >= 15 is 0 Å². The van der Waals surface area contributed by atoms with Gasteiger partial charge in [-0.2, -0.15) is 4.39 Å². The predicted molar refractivity (Wildman–Crippen MR) is 101 cm³/mol. The highest BCUT2D eigenvalue weighted by Gasteiger charge is 2.40. The van der Waals surface area contributed by atoms with Crippen LogP contribution >= 0.6 is 11.3 Å². The van der Waals surface area contributed by atoms with Crippen LogP contribution in [0, 0.1) is 5.82 Å². The summed E-state index contributed by atoms with van der Waals surface area (Å²) in [5.74, 6) is 0.00282. The third-order valence-electron chi connectivity index (χ3n) is 4.70. The molecule has 3 N–H and O–H groups in total. The van der Waals surface area contributed by atoms with Crippen LogP contribution in [0.2, 0.25) is 0 Å². The first-order chi connectivity index (χ1) is 14.3. The van der Waals surface area contributed by atoms with E-state index in [2.05, 4.69) is 10.3 Å². The lowest BCUT2D eigenvalue weighted by Gasteiger charge is -2.19. The quantitative estimate of drug-likeness (QED) is 0.675. The summed E-state index contributed by atoms with van der Waals surface area (Å²) < 4.78 is 53.8. The molecular formula is C17H16F3N5O4S. The molecule has 2 aliphatic rings. The SMILES string of the molecule is C[C@H](Nc1sc2c(c1F)OCCn1cc(N3C(=C=O)OC[C@H]3C(F)F)nc1-2)C(N)=O. The lowest BCUT2D eigenvalue weighted by atomic mass is 10.3. The fraction of sp³-hybridized carbons (Fsp3) is 0.412. The second kappa shape index (κ2) is 7.58. The standard InChI is InChI=1S/C17H16F3N5O4S/c1-7(15(21)27)22-17-11(18)12-13(30-17)16-23-9(4-24(16)2-3-28-12)25-8(14(19)20)6-29-10(25)5-26/h4,7-8,14,22H,2-3,6H2,1H3,(H2,21,27)/t7-,8-/m0/s1. The second-order valence-electron chi connectivity index (χ2n) is 6.63. The van der Waals surface area contributed by atoms with Crippen LogP contribution in [0.3, 0.4) is 0 Å². The zero-order valence-electron chi connectivity index (χ0n) is 15.5. The minimum atomic E-state index is -2.79. The van der Waals surface area contributed by atoms with Gasteiger partial charge in [-0.05, 0) is 6.92 Å². The van der Waals surface area contributed by atoms with E-state index in [0.29, 0.717) is 4.88 Å². The molecule has 4 rings (SSSR count). The Morgan fingerprint density at radius 2 is 2.23 bits per heavy atom. The van der Waals surface area contributed by atoms with E-state index < -0.39 is 30.2 Å². The molecule has 0 aromatic carbocycles. The summed E-state index contributed by atoms with van der Waals surface area (Å²) in [7, 11) is 0. The van der Waals surface area contributed by atoms with Crippen LogP contribution in [0.4, 0.5) is 24.0 Å². The van der Waals surface area contributed by atoms with E-state index in [9.17, 15) is 22.8 Å². The summed E-state index contributed by atoms with van der Waals surface area (Å²) in [6.45, 7) is 1.47. The number of rotatable bonds is 5. The number of amides is 1. The van der Waals surface area contributed by atoms with E-state index in [-0.39, 0.29) is 48.0 Å². The third kappa shape index (κ3) is 3.25. The number of halogens is 3. The van der Waals surface area contributed by atoms with Crippen LogP contribution in [-0.2, 0) is 20.9 Å². The third-order valence-corrected chi connectivity index (χ3v) is 5.77. The number of nitrogens with zero attached hydrogens (tertiary/aromatic N) is 3. The van der Waals surface area contributed by atoms with Crippen molar-refractivity contribution in [2.24, 2.45) is 5.73 Å². The van der Waals surface area contributed by atoms with Crippen molar-refractivity contribution >= 4 is 34.0 Å². The van der Waals surface area contributed by atoms with Gasteiger partial charge in [-0.1, -0.05) is 0 Å². The molecule has 0 saturated carbocycles. The smallest absolute Gasteiger partial charge is 0.284 e. The van der Waals surface area contributed by atoms with Gasteiger partial charge in [0.1, 0.15) is 35.2 Å². The number of hydrogen-bond donors (Lipinski definition) is 2. The molecule has 0 spiro atoms. The molecule has 13 heteroatoms. The molecule has 0 unspecified atom stereocenters. The number of anilines is 2. The van der Waals surface area contributed by atoms with Gasteiger partial charge in [0.05, 0.1) is 6.54 Å². The molecule has 0 bridgehead atoms. The van der Waals surface area contributed by atoms with Gasteiger partial charge in [-0.15, -0.1) is 11.3 Å². The number of ether oxygens (including phenoxy) is 2. The summed E-state index contributed by atoms with van der Waals surface area (Å²) in [6.07, 6.45) is -1.33. The van der Waals surface area contributed by atoms with Crippen molar-refractivity contribution in [1.29, 1.82) is 0 Å². The monoisotopic (exact) mass is 443 g/mol. The van der Waals surface area contributed by atoms with Crippen LogP contribution in [0.1, 0.15) is 6.92 Å². The number of primary amides is 1. The van der Waals surface area contributed by atoms with Crippen molar-refractivity contribution in [2.75, 3.05) is 23.4 Å². The minimum Gasteiger partial charge on any atom is -0.487 e. The highest BCUT2D eigenvalue weighted by molar-refractivity contribution is 7.19. The van der Waals surface area contributed by atoms with Crippen LogP contribution in [-0.4, -0.2) is 53.1 Å². The normalized spacial score (nSPS) is 18.8. The molecule has 1 fully saturated rings. The first-order valence-corrected chi connectivity index (χ1v) is 9.67. The predicted octanol–water partition coefficient (Wildman–Crippen LogP) is 1.57. The Morgan fingerprint density at radius 1 is 1.47 bits per heavy atom. The number of fused-ring (bicyclic) bond motifs is 3. The van der Waals surface area contributed by atoms with Crippen molar-refractivity contribution in [2.45, 2.75) is 32.0 Å². The fourth-order valence-electron chi connectivity index (χ4n) is 3.15. The summed E-state index contributed by atoms with van der Waals surface area (Å²) in [5.41, 5.74) is 5.22. The van der Waals surface area contributed by atoms with E-state index in [1.54, 1.807) is 4.57 Å². The molecule has 2 aromatic heterocycles. The summed E-state index contributed by atoms with van der Waals surface area (Å²) in [4.78, 5) is 28.1. The summed E-state index contributed by atoms with van der Waals surface area (Å²) in [6, 6.07) is -2.23. The number of imidazole rings is 1. The van der Waals surface area contributed by atoms with Crippen molar-refractivity contribution in [3.8, 4) is 16.5 Å². The Morgan fingerprint density at radius 3 is 2.90 bits per heavy atom. The average molecular weight is 443 g/mol. The van der Waals surface area contributed by atoms with Crippen molar-refractivity contribution in [3.63, 3.8) is 0 Å². The second-order valence-corrected chi connectivity index (χ2v) is 7.65. The molecule has 9 nitrogen and oxygen atoms in total. The molecule has 160 valence electrons. The molecule has 1 amide bonds. The van der Waals surface area contributed by atoms with Gasteiger partial charge >= 0.3 is 0 Å². The van der Waals surface area contributed by atoms with Gasteiger partial charge in [-0.3, -0.25) is 9.69 Å². The number of carbonyl (C=O) groups excluding carboxylic acids is 2. The Bertz CT molecular complexity index is 1050. The van der Waals surface area contributed by atoms with Crippen molar-refractivity contribution < 1.29 is 32.2 Å². The number of nitrogens with two attached hydrogens (primary N) is 1. The van der Waals surface area contributed by atoms with E-state index in [1.165, 1.54) is 19.1 Å². The molecule has 0 aliphatic carbocycles. The van der Waals surface area contributed by atoms with E-state index in [0.717, 1.165) is 16.2 Å². The number of nitrogens with one attached hydrogen (secondary N) is 1. The Kier molecular flexibility index (Phi) is 5.08. The fourth-order valence-corrected chi connectivity index (χ4v) is 4.26. The number of thiophene rings is 1. The zero-order chi connectivity index (χ0) is 21.6. The van der Waals surface area contributed by atoms with E-state index in [1.807, 2.05) is 0 Å². The molecular weight excluding hydrogens is 427 g/mol. The largest absolute Gasteiger partial charge is 0.487 e. The molecule has 2 aliphatic heterocycles. The van der Waals surface area contributed by atoms with Crippen molar-refractivity contribution in [3.05, 3.63) is 17.9 Å². The maximum atomic E-state index is 14.9. The molecule has 2 aromatic rings. The molecule has 0 radical (unpaired) electrons. The number of aromatic nitrogens is 2. The van der Waals surface area contributed by atoms with Crippen LogP contribution in [0.5, 0.6) is 5.75 Å². The summed E-state index contributed by atoms with van der Waals surface area (Å²) in [5, 5.41) is 2.72. The highest BCUT2D eigenvalue weighted by Crippen LogP contribution is 2.46. The van der Waals surface area contributed by atoms with Crippen molar-refractivity contribution in [1.82, 2.24) is 9.55 Å². The topological polar surface area (TPSA) is 112 Å². The zero-order valence-corrected chi connectivity index (χ0v) is 16.3. The first kappa shape index (κ1) is 20.1. The van der Waals surface area contributed by atoms with Gasteiger partial charge < -0.3 is 25.1 Å². The number of hydrogen-bond acceptors (Lipinski definition) is 8. The molecule has 30 heavy (non-hydrogen) atoms. The van der Waals surface area contributed by atoms with Crippen LogP contribution in [0.25, 0.3) is 10.7 Å². The first-order valence-electron chi connectivity index (χ1n) is 8.85. The Hall–Kier alpha value is -3.18. The van der Waals surface area contributed by atoms with Gasteiger partial charge in [0.25, 0.3) is 12.3 Å². The maximum Gasteiger partial charge on any atom is 0.284 e. The average Bonchev–Trinajstić information content (AvgIpc) is 3.36. The minimum absolute atomic E-state index is 0.0349. The van der Waals surface area contributed by atoms with E-state index in [4.69, 9.17) is 15.2 Å². The molecule has 4 heterocycles. The van der Waals surface area contributed by atoms with Crippen LogP contribution < -0.4 is 20.7 Å². The Balaban J connectivity index is 1.76. The Labute approximate surface area is 171 Å². The molecule has 1 saturated heterocycles. The highest BCUT2D eigenvalue weighted by atomic mass is 32.1. The van der Waals surface area contributed by atoms with Gasteiger partial charge in [0, 0.05) is 6.20 Å². The summed E-state index contributed by atoms with van der Waals surface area (Å²) >= 11 is 0.949. The van der Waals surface area contributed by atoms with Gasteiger partial charge in [0.15, 0.2) is 29.2 Å². The maximum absolute atomic E-state index is 14.9. The van der Waals surface area contributed by atoms with Gasteiger partial charge in [-0.25, -0.2) is 18.6 Å². The van der Waals surface area contributed by atoms with Crippen LogP contribution in [0.15, 0.2) is 12.1 Å². The lowest BCUT2D eigenvalue weighted by Crippen LogP contribution is -2.36.